The smallest absolute Gasteiger partial charge is 0.357 e. The van der Waals surface area contributed by atoms with Crippen molar-refractivity contribution in [2.45, 2.75) is 19.2 Å². The Balaban J connectivity index is 3.44. The zero-order valence-electron chi connectivity index (χ0n) is 8.76. The number of rotatable bonds is 3. The normalized spacial score (nSPS) is 10.6. The van der Waals surface area contributed by atoms with E-state index in [-0.39, 0.29) is 17.1 Å². The van der Waals surface area contributed by atoms with Crippen LogP contribution >= 0.6 is 11.6 Å². The topological polar surface area (TPSA) is 39.2 Å². The number of carbonyl (C=O) groups is 1. The molecule has 16 heavy (non-hydrogen) atoms. The van der Waals surface area contributed by atoms with Crippen LogP contribution in [0.1, 0.15) is 33.7 Å². The Morgan fingerprint density at radius 3 is 2.69 bits per heavy atom. The lowest BCUT2D eigenvalue weighted by molar-refractivity contribution is 0.0581. The molecule has 0 saturated heterocycles. The summed E-state index contributed by atoms with van der Waals surface area (Å²) in [7, 11) is 1.11. The molecule has 0 atom stereocenters. The van der Waals surface area contributed by atoms with E-state index in [9.17, 15) is 13.6 Å². The van der Waals surface area contributed by atoms with Gasteiger partial charge in [-0.2, -0.15) is 0 Å². The largest absolute Gasteiger partial charge is 0.464 e. The van der Waals surface area contributed by atoms with Gasteiger partial charge in [0.05, 0.1) is 12.7 Å². The molecule has 0 aliphatic carbocycles. The van der Waals surface area contributed by atoms with Crippen molar-refractivity contribution in [2.75, 3.05) is 7.11 Å². The second-order valence-corrected chi connectivity index (χ2v) is 3.38. The van der Waals surface area contributed by atoms with Gasteiger partial charge in [0.1, 0.15) is 0 Å². The van der Waals surface area contributed by atoms with Crippen molar-refractivity contribution in [1.29, 1.82) is 0 Å². The van der Waals surface area contributed by atoms with Gasteiger partial charge < -0.3 is 4.74 Å². The number of ether oxygens (including phenoxy) is 1. The molecule has 0 fully saturated rings. The molecule has 88 valence electrons. The SMILES string of the molecule is COC(=O)c1nc(C)cc(CCl)c1C(F)F. The fourth-order valence-electron chi connectivity index (χ4n) is 1.36. The quantitative estimate of drug-likeness (QED) is 0.611. The first kappa shape index (κ1) is 12.8. The van der Waals surface area contributed by atoms with Crippen molar-refractivity contribution in [3.8, 4) is 0 Å². The maximum atomic E-state index is 12.8. The highest BCUT2D eigenvalue weighted by atomic mass is 35.5. The van der Waals surface area contributed by atoms with E-state index >= 15 is 0 Å². The maximum absolute atomic E-state index is 12.8. The van der Waals surface area contributed by atoms with E-state index in [1.165, 1.54) is 6.07 Å². The lowest BCUT2D eigenvalue weighted by Gasteiger charge is -2.11. The van der Waals surface area contributed by atoms with Crippen LogP contribution in [0.2, 0.25) is 0 Å². The first-order chi connectivity index (χ1) is 7.51. The Bertz CT molecular complexity index is 410. The van der Waals surface area contributed by atoms with Crippen LogP contribution in [0.15, 0.2) is 6.07 Å². The Hall–Kier alpha value is -1.23. The number of hydrogen-bond acceptors (Lipinski definition) is 3. The van der Waals surface area contributed by atoms with Gasteiger partial charge >= 0.3 is 5.97 Å². The van der Waals surface area contributed by atoms with Gasteiger partial charge in [-0.15, -0.1) is 11.6 Å². The monoisotopic (exact) mass is 249 g/mol. The minimum Gasteiger partial charge on any atom is -0.464 e. The number of esters is 1. The standard InChI is InChI=1S/C10H10ClF2NO2/c1-5-3-6(4-11)7(9(12)13)8(14-5)10(15)16-2/h3,9H,4H2,1-2H3. The molecule has 6 heteroatoms. The molecule has 0 N–H and O–H groups in total. The van der Waals surface area contributed by atoms with Gasteiger partial charge in [0.25, 0.3) is 6.43 Å². The van der Waals surface area contributed by atoms with Crippen molar-refractivity contribution >= 4 is 17.6 Å². The number of hydrogen-bond donors (Lipinski definition) is 0. The molecule has 0 aliphatic rings. The number of aromatic nitrogens is 1. The van der Waals surface area contributed by atoms with Gasteiger partial charge in [-0.3, -0.25) is 0 Å². The van der Waals surface area contributed by atoms with Crippen LogP contribution in [0.5, 0.6) is 0 Å². The summed E-state index contributed by atoms with van der Waals surface area (Å²) in [5.74, 6) is -0.988. The lowest BCUT2D eigenvalue weighted by atomic mass is 10.1. The molecular formula is C10H10ClF2NO2. The van der Waals surface area contributed by atoms with Crippen molar-refractivity contribution in [2.24, 2.45) is 0 Å². The van der Waals surface area contributed by atoms with Crippen molar-refractivity contribution in [1.82, 2.24) is 4.98 Å². The number of halogens is 3. The Kier molecular flexibility index (Phi) is 4.18. The van der Waals surface area contributed by atoms with Gasteiger partial charge in [0.2, 0.25) is 0 Å². The summed E-state index contributed by atoms with van der Waals surface area (Å²) in [4.78, 5) is 15.1. The fraction of sp³-hybridized carbons (Fsp3) is 0.400. The molecule has 0 bridgehead atoms. The summed E-state index contributed by atoms with van der Waals surface area (Å²) >= 11 is 5.55. The first-order valence-electron chi connectivity index (χ1n) is 4.44. The van der Waals surface area contributed by atoms with E-state index in [1.54, 1.807) is 6.92 Å². The third-order valence-electron chi connectivity index (χ3n) is 2.01. The van der Waals surface area contributed by atoms with Gasteiger partial charge in [0, 0.05) is 11.6 Å². The third-order valence-corrected chi connectivity index (χ3v) is 2.30. The molecule has 1 aromatic rings. The van der Waals surface area contributed by atoms with Gasteiger partial charge in [0.15, 0.2) is 5.69 Å². The number of carbonyl (C=O) groups excluding carboxylic acids is 1. The van der Waals surface area contributed by atoms with Gasteiger partial charge in [-0.05, 0) is 18.6 Å². The van der Waals surface area contributed by atoms with Crippen LogP contribution < -0.4 is 0 Å². The minimum atomic E-state index is -2.81. The van der Waals surface area contributed by atoms with Crippen molar-refractivity contribution < 1.29 is 18.3 Å². The van der Waals surface area contributed by atoms with Gasteiger partial charge in [-0.25, -0.2) is 18.6 Å². The molecule has 0 radical (unpaired) electrons. The molecule has 1 heterocycles. The number of nitrogens with zero attached hydrogens (tertiary/aromatic N) is 1. The molecule has 1 rings (SSSR count). The average molecular weight is 250 g/mol. The first-order valence-corrected chi connectivity index (χ1v) is 4.97. The van der Waals surface area contributed by atoms with E-state index in [2.05, 4.69) is 9.72 Å². The van der Waals surface area contributed by atoms with Gasteiger partial charge in [-0.1, -0.05) is 0 Å². The molecule has 0 unspecified atom stereocenters. The fourth-order valence-corrected chi connectivity index (χ4v) is 1.58. The highest BCUT2D eigenvalue weighted by Gasteiger charge is 2.24. The number of alkyl halides is 3. The molecule has 1 aromatic heterocycles. The zero-order valence-corrected chi connectivity index (χ0v) is 9.52. The molecule has 0 saturated carbocycles. The van der Waals surface area contributed by atoms with Crippen LogP contribution in [0, 0.1) is 6.92 Å². The van der Waals surface area contributed by atoms with E-state index in [0.29, 0.717) is 5.69 Å². The predicted octanol–water partition coefficient (Wildman–Crippen LogP) is 2.85. The number of pyridine rings is 1. The summed E-state index contributed by atoms with van der Waals surface area (Å²) in [6.45, 7) is 1.59. The van der Waals surface area contributed by atoms with Crippen molar-refractivity contribution in [3.05, 3.63) is 28.6 Å². The Morgan fingerprint density at radius 2 is 2.25 bits per heavy atom. The molecule has 0 spiro atoms. The van der Waals surface area contributed by atoms with Crippen LogP contribution in [0.25, 0.3) is 0 Å². The second kappa shape index (κ2) is 5.21. The molecular weight excluding hydrogens is 240 g/mol. The van der Waals surface area contributed by atoms with E-state index < -0.39 is 18.0 Å². The maximum Gasteiger partial charge on any atom is 0.357 e. The molecule has 0 aliphatic heterocycles. The second-order valence-electron chi connectivity index (χ2n) is 3.11. The van der Waals surface area contributed by atoms with E-state index in [0.717, 1.165) is 7.11 Å². The molecule has 3 nitrogen and oxygen atoms in total. The predicted molar refractivity (Wildman–Crippen MR) is 54.8 cm³/mol. The third kappa shape index (κ3) is 2.47. The highest BCUT2D eigenvalue weighted by Crippen LogP contribution is 2.28. The lowest BCUT2D eigenvalue weighted by Crippen LogP contribution is -2.12. The summed E-state index contributed by atoms with van der Waals surface area (Å²) in [5, 5.41) is 0. The summed E-state index contributed by atoms with van der Waals surface area (Å²) in [6, 6.07) is 1.43. The Labute approximate surface area is 96.4 Å². The van der Waals surface area contributed by atoms with Crippen LogP contribution in [-0.4, -0.2) is 18.1 Å². The summed E-state index contributed by atoms with van der Waals surface area (Å²) in [5.41, 5.74) is -0.175. The summed E-state index contributed by atoms with van der Waals surface area (Å²) in [6.07, 6.45) is -2.81. The van der Waals surface area contributed by atoms with Crippen molar-refractivity contribution in [3.63, 3.8) is 0 Å². The van der Waals surface area contributed by atoms with E-state index in [1.807, 2.05) is 0 Å². The minimum absolute atomic E-state index is 0.104. The number of aryl methyl sites for hydroxylation is 1. The van der Waals surface area contributed by atoms with Crippen LogP contribution in [0.4, 0.5) is 8.78 Å². The van der Waals surface area contributed by atoms with E-state index in [4.69, 9.17) is 11.6 Å². The zero-order chi connectivity index (χ0) is 12.3. The van der Waals surface area contributed by atoms with Crippen LogP contribution in [0.3, 0.4) is 0 Å². The number of methoxy groups -OCH3 is 1. The highest BCUT2D eigenvalue weighted by molar-refractivity contribution is 6.17. The summed E-state index contributed by atoms with van der Waals surface area (Å²) < 4.78 is 30.0. The molecule has 0 aromatic carbocycles. The Morgan fingerprint density at radius 1 is 1.62 bits per heavy atom. The molecule has 0 amide bonds. The average Bonchev–Trinajstić information content (AvgIpc) is 2.26. The van der Waals surface area contributed by atoms with Crippen LogP contribution in [-0.2, 0) is 10.6 Å².